The second kappa shape index (κ2) is 8.58. The molecule has 0 fully saturated rings. The van der Waals surface area contributed by atoms with Gasteiger partial charge in [-0.25, -0.2) is 0 Å². The van der Waals surface area contributed by atoms with Crippen molar-refractivity contribution in [3.8, 4) is 0 Å². The summed E-state index contributed by atoms with van der Waals surface area (Å²) >= 11 is 0. The van der Waals surface area contributed by atoms with Gasteiger partial charge < -0.3 is 5.11 Å². The molecule has 0 unspecified atom stereocenters. The normalized spacial score (nSPS) is 9.00. The molecule has 0 rings (SSSR count). The number of azide groups is 1. The van der Waals surface area contributed by atoms with Gasteiger partial charge in [-0.3, -0.25) is 4.79 Å². The van der Waals surface area contributed by atoms with Gasteiger partial charge in [-0.05, 0) is 5.53 Å². The Morgan fingerprint density at radius 2 is 2.17 bits per heavy atom. The fourth-order valence-corrected chi connectivity index (χ4v) is 2.20. The van der Waals surface area contributed by atoms with Crippen molar-refractivity contribution >= 4 is 27.6 Å². The molecular weight excluding hydrogens is 198 g/mol. The van der Waals surface area contributed by atoms with Crippen LogP contribution in [0.3, 0.4) is 0 Å². The highest BCUT2D eigenvalue weighted by molar-refractivity contribution is 8.76. The number of nitrogens with zero attached hydrogens (tertiary/aromatic N) is 3. The van der Waals surface area contributed by atoms with Crippen LogP contribution in [0.2, 0.25) is 0 Å². The summed E-state index contributed by atoms with van der Waals surface area (Å²) in [6, 6.07) is 0. The summed E-state index contributed by atoms with van der Waals surface area (Å²) in [5.41, 5.74) is 7.91. The molecule has 0 spiro atoms. The van der Waals surface area contributed by atoms with E-state index >= 15 is 0 Å². The van der Waals surface area contributed by atoms with Gasteiger partial charge >= 0.3 is 5.97 Å². The SMILES string of the molecule is [N-]=[N+]=NCCSSCCC(=O)O. The fourth-order valence-electron chi connectivity index (χ4n) is 0.370. The molecule has 0 aromatic heterocycles. The Bertz CT molecular complexity index is 176. The van der Waals surface area contributed by atoms with Crippen molar-refractivity contribution in [1.29, 1.82) is 0 Å². The smallest absolute Gasteiger partial charge is 0.304 e. The van der Waals surface area contributed by atoms with Crippen molar-refractivity contribution in [1.82, 2.24) is 0 Å². The summed E-state index contributed by atoms with van der Waals surface area (Å²) in [5, 5.41) is 11.6. The maximum Gasteiger partial charge on any atom is 0.304 e. The molecule has 68 valence electrons. The molecular formula is C5H9N3O2S2. The van der Waals surface area contributed by atoms with Gasteiger partial charge in [0.1, 0.15) is 0 Å². The zero-order valence-electron chi connectivity index (χ0n) is 6.34. The van der Waals surface area contributed by atoms with E-state index in [9.17, 15) is 4.79 Å². The van der Waals surface area contributed by atoms with Crippen molar-refractivity contribution in [2.75, 3.05) is 18.1 Å². The minimum atomic E-state index is -0.779. The minimum Gasteiger partial charge on any atom is -0.481 e. The molecule has 12 heavy (non-hydrogen) atoms. The van der Waals surface area contributed by atoms with Crippen molar-refractivity contribution in [3.63, 3.8) is 0 Å². The van der Waals surface area contributed by atoms with Crippen LogP contribution in [-0.2, 0) is 4.79 Å². The highest BCUT2D eigenvalue weighted by Gasteiger charge is 1.95. The van der Waals surface area contributed by atoms with E-state index in [1.54, 1.807) is 0 Å². The molecule has 0 aliphatic carbocycles. The Morgan fingerprint density at radius 3 is 2.75 bits per heavy atom. The van der Waals surface area contributed by atoms with Crippen molar-refractivity contribution in [3.05, 3.63) is 10.4 Å². The number of carbonyl (C=O) groups is 1. The third-order valence-corrected chi connectivity index (χ3v) is 3.21. The number of carboxylic acids is 1. The number of carboxylic acid groups (broad SMARTS) is 1. The minimum absolute atomic E-state index is 0.180. The van der Waals surface area contributed by atoms with E-state index in [0.717, 1.165) is 5.75 Å². The maximum absolute atomic E-state index is 10.0. The van der Waals surface area contributed by atoms with E-state index < -0.39 is 5.97 Å². The van der Waals surface area contributed by atoms with E-state index in [2.05, 4.69) is 10.0 Å². The molecule has 0 aliphatic heterocycles. The average Bonchev–Trinajstić information content (AvgIpc) is 2.02. The second-order valence-electron chi connectivity index (χ2n) is 1.74. The molecule has 0 amide bonds. The molecule has 0 saturated heterocycles. The van der Waals surface area contributed by atoms with Crippen LogP contribution in [0.4, 0.5) is 0 Å². The van der Waals surface area contributed by atoms with E-state index in [1.165, 1.54) is 21.6 Å². The zero-order chi connectivity index (χ0) is 9.23. The zero-order valence-corrected chi connectivity index (χ0v) is 7.98. The first-order valence-corrected chi connectivity index (χ1v) is 5.73. The fraction of sp³-hybridized carbons (Fsp3) is 0.800. The van der Waals surface area contributed by atoms with Crippen LogP contribution in [0, 0.1) is 0 Å². The molecule has 0 atom stereocenters. The van der Waals surface area contributed by atoms with Crippen LogP contribution in [-0.4, -0.2) is 29.1 Å². The lowest BCUT2D eigenvalue weighted by atomic mass is 10.5. The Balaban J connectivity index is 3.00. The highest BCUT2D eigenvalue weighted by atomic mass is 33.1. The molecule has 0 aromatic rings. The first-order valence-electron chi connectivity index (χ1n) is 3.24. The van der Waals surface area contributed by atoms with Crippen LogP contribution >= 0.6 is 21.6 Å². The van der Waals surface area contributed by atoms with Crippen LogP contribution < -0.4 is 0 Å². The van der Waals surface area contributed by atoms with Gasteiger partial charge in [0.15, 0.2) is 0 Å². The summed E-state index contributed by atoms with van der Waals surface area (Å²) in [7, 11) is 3.01. The average molecular weight is 207 g/mol. The van der Waals surface area contributed by atoms with E-state index in [1.807, 2.05) is 0 Å². The van der Waals surface area contributed by atoms with E-state index in [-0.39, 0.29) is 6.42 Å². The molecule has 0 aromatic carbocycles. The molecule has 5 nitrogen and oxygen atoms in total. The molecule has 7 heteroatoms. The lowest BCUT2D eigenvalue weighted by Crippen LogP contribution is -1.95. The first kappa shape index (κ1) is 11.5. The van der Waals surface area contributed by atoms with Crippen LogP contribution in [0.25, 0.3) is 10.4 Å². The number of rotatable bonds is 7. The summed E-state index contributed by atoms with van der Waals surface area (Å²) in [6.45, 7) is 0.460. The predicted molar refractivity (Wildman–Crippen MR) is 51.2 cm³/mol. The number of hydrogen-bond donors (Lipinski definition) is 1. The van der Waals surface area contributed by atoms with Crippen molar-refractivity contribution in [2.45, 2.75) is 6.42 Å². The van der Waals surface area contributed by atoms with Gasteiger partial charge in [0, 0.05) is 23.0 Å². The monoisotopic (exact) mass is 207 g/mol. The van der Waals surface area contributed by atoms with Crippen LogP contribution in [0.5, 0.6) is 0 Å². The Kier molecular flexibility index (Phi) is 8.20. The quantitative estimate of drug-likeness (QED) is 0.228. The summed E-state index contributed by atoms with van der Waals surface area (Å²) in [6.07, 6.45) is 0.180. The largest absolute Gasteiger partial charge is 0.481 e. The Morgan fingerprint density at radius 1 is 1.50 bits per heavy atom. The molecule has 0 aliphatic rings. The molecule has 0 radical (unpaired) electrons. The molecule has 0 saturated carbocycles. The molecule has 1 N–H and O–H groups in total. The standard InChI is InChI=1S/C5H9N3O2S2/c6-8-7-2-4-12-11-3-1-5(9)10/h1-4H2,(H,9,10). The predicted octanol–water partition coefficient (Wildman–Crippen LogP) is 2.15. The van der Waals surface area contributed by atoms with Gasteiger partial charge in [0.05, 0.1) is 6.42 Å². The topological polar surface area (TPSA) is 86.1 Å². The lowest BCUT2D eigenvalue weighted by molar-refractivity contribution is -0.136. The summed E-state index contributed by atoms with van der Waals surface area (Å²) in [4.78, 5) is 12.6. The third kappa shape index (κ3) is 9.48. The lowest BCUT2D eigenvalue weighted by Gasteiger charge is -1.95. The van der Waals surface area contributed by atoms with Crippen LogP contribution in [0.1, 0.15) is 6.42 Å². The Hall–Kier alpha value is -0.520. The third-order valence-electron chi connectivity index (χ3n) is 0.820. The van der Waals surface area contributed by atoms with Crippen LogP contribution in [0.15, 0.2) is 5.11 Å². The van der Waals surface area contributed by atoms with Gasteiger partial charge in [-0.15, -0.1) is 0 Å². The summed E-state index contributed by atoms with van der Waals surface area (Å²) < 4.78 is 0. The second-order valence-corrected chi connectivity index (χ2v) is 4.44. The van der Waals surface area contributed by atoms with Gasteiger partial charge in [-0.2, -0.15) is 0 Å². The van der Waals surface area contributed by atoms with Gasteiger partial charge in [0.25, 0.3) is 0 Å². The first-order chi connectivity index (χ1) is 5.77. The molecule has 0 heterocycles. The maximum atomic E-state index is 10.0. The van der Waals surface area contributed by atoms with Gasteiger partial charge in [0.2, 0.25) is 0 Å². The van der Waals surface area contributed by atoms with Crippen molar-refractivity contribution < 1.29 is 9.90 Å². The van der Waals surface area contributed by atoms with E-state index in [0.29, 0.717) is 12.3 Å². The highest BCUT2D eigenvalue weighted by Crippen LogP contribution is 2.21. The summed E-state index contributed by atoms with van der Waals surface area (Å²) in [5.74, 6) is 0.545. The molecule has 0 bridgehead atoms. The Labute approximate surface area is 77.9 Å². The number of hydrogen-bond acceptors (Lipinski definition) is 4. The van der Waals surface area contributed by atoms with Crippen molar-refractivity contribution in [2.24, 2.45) is 5.11 Å². The number of aliphatic carboxylic acids is 1. The van der Waals surface area contributed by atoms with Gasteiger partial charge in [-0.1, -0.05) is 26.7 Å². The van der Waals surface area contributed by atoms with E-state index in [4.69, 9.17) is 10.6 Å².